The molecule has 5 nitrogen and oxygen atoms in total. The number of rotatable bonds is 4. The number of hydrogen-bond acceptors (Lipinski definition) is 2. The van der Waals surface area contributed by atoms with Crippen molar-refractivity contribution in [2.75, 3.05) is 5.32 Å². The minimum absolute atomic E-state index is 0.237. The molecule has 0 saturated carbocycles. The van der Waals surface area contributed by atoms with Crippen molar-refractivity contribution in [2.45, 2.75) is 6.54 Å². The van der Waals surface area contributed by atoms with Crippen molar-refractivity contribution in [1.82, 2.24) is 15.1 Å². The zero-order chi connectivity index (χ0) is 16.1. The Kier molecular flexibility index (Phi) is 4.92. The molecule has 0 aliphatic carbocycles. The highest BCUT2D eigenvalue weighted by Crippen LogP contribution is 2.12. The van der Waals surface area contributed by atoms with Crippen LogP contribution in [0.1, 0.15) is 5.56 Å². The number of para-hydroxylation sites is 1. The largest absolute Gasteiger partial charge is 0.334 e. The molecule has 6 heteroatoms. The molecule has 0 spiro atoms. The molecule has 23 heavy (non-hydrogen) atoms. The summed E-state index contributed by atoms with van der Waals surface area (Å²) in [5.41, 5.74) is 2.70. The highest BCUT2D eigenvalue weighted by atomic mass is 127. The summed E-state index contributed by atoms with van der Waals surface area (Å²) in [6, 6.07) is 17.3. The normalized spacial score (nSPS) is 10.3. The van der Waals surface area contributed by atoms with Crippen LogP contribution in [0.4, 0.5) is 10.5 Å². The van der Waals surface area contributed by atoms with Gasteiger partial charge in [0, 0.05) is 27.6 Å². The van der Waals surface area contributed by atoms with Crippen molar-refractivity contribution in [2.24, 2.45) is 0 Å². The highest BCUT2D eigenvalue weighted by Gasteiger charge is 2.04. The van der Waals surface area contributed by atoms with Gasteiger partial charge in [0.15, 0.2) is 0 Å². The molecule has 2 amide bonds. The van der Waals surface area contributed by atoms with E-state index in [1.807, 2.05) is 60.8 Å². The molecule has 0 aliphatic rings. The zero-order valence-electron chi connectivity index (χ0n) is 12.2. The lowest BCUT2D eigenvalue weighted by atomic mass is 10.3. The van der Waals surface area contributed by atoms with E-state index >= 15 is 0 Å². The minimum Gasteiger partial charge on any atom is -0.334 e. The Morgan fingerprint density at radius 3 is 2.74 bits per heavy atom. The summed E-state index contributed by atoms with van der Waals surface area (Å²) in [6.45, 7) is 0.419. The number of carbonyl (C=O) groups excluding carboxylic acids is 1. The fourth-order valence-corrected chi connectivity index (χ4v) is 2.64. The van der Waals surface area contributed by atoms with Crippen LogP contribution in [0.25, 0.3) is 5.69 Å². The lowest BCUT2D eigenvalue weighted by Gasteiger charge is -2.06. The Hall–Kier alpha value is -2.35. The maximum Gasteiger partial charge on any atom is 0.319 e. The number of aromatic nitrogens is 2. The van der Waals surface area contributed by atoms with Crippen LogP contribution in [0.5, 0.6) is 0 Å². The Morgan fingerprint density at radius 1 is 1.13 bits per heavy atom. The number of nitrogens with one attached hydrogen (secondary N) is 2. The predicted octanol–water partition coefficient (Wildman–Crippen LogP) is 3.80. The number of anilines is 1. The molecule has 0 radical (unpaired) electrons. The predicted molar refractivity (Wildman–Crippen MR) is 98.6 cm³/mol. The number of carbonyl (C=O) groups is 1. The van der Waals surface area contributed by atoms with Gasteiger partial charge in [0.2, 0.25) is 0 Å². The van der Waals surface area contributed by atoms with Gasteiger partial charge in [0.1, 0.15) is 0 Å². The zero-order valence-corrected chi connectivity index (χ0v) is 14.4. The third-order valence-electron chi connectivity index (χ3n) is 3.19. The summed E-state index contributed by atoms with van der Waals surface area (Å²) in [5, 5.41) is 9.94. The van der Waals surface area contributed by atoms with E-state index in [1.54, 1.807) is 10.9 Å². The van der Waals surface area contributed by atoms with Crippen molar-refractivity contribution in [1.29, 1.82) is 0 Å². The quantitative estimate of drug-likeness (QED) is 0.634. The lowest BCUT2D eigenvalue weighted by molar-refractivity contribution is 0.251. The molecule has 2 aromatic carbocycles. The summed E-state index contributed by atoms with van der Waals surface area (Å²) in [5.74, 6) is 0. The molecule has 0 aliphatic heterocycles. The third kappa shape index (κ3) is 4.32. The van der Waals surface area contributed by atoms with Crippen LogP contribution in [0.15, 0.2) is 67.0 Å². The van der Waals surface area contributed by atoms with Crippen LogP contribution >= 0.6 is 22.6 Å². The van der Waals surface area contributed by atoms with Crippen LogP contribution < -0.4 is 10.6 Å². The van der Waals surface area contributed by atoms with Crippen LogP contribution in [0.2, 0.25) is 0 Å². The monoisotopic (exact) mass is 418 g/mol. The van der Waals surface area contributed by atoms with Gasteiger partial charge in [-0.15, -0.1) is 0 Å². The summed E-state index contributed by atoms with van der Waals surface area (Å²) < 4.78 is 2.86. The maximum atomic E-state index is 11.9. The van der Waals surface area contributed by atoms with Crippen molar-refractivity contribution >= 4 is 34.3 Å². The molecule has 116 valence electrons. The van der Waals surface area contributed by atoms with Crippen LogP contribution in [-0.4, -0.2) is 15.8 Å². The number of nitrogens with zero attached hydrogens (tertiary/aromatic N) is 2. The topological polar surface area (TPSA) is 59.0 Å². The minimum atomic E-state index is -0.237. The van der Waals surface area contributed by atoms with E-state index < -0.39 is 0 Å². The second-order valence-corrected chi connectivity index (χ2v) is 6.19. The van der Waals surface area contributed by atoms with Crippen molar-refractivity contribution in [3.63, 3.8) is 0 Å². The Morgan fingerprint density at radius 2 is 1.96 bits per heavy atom. The Balaban J connectivity index is 1.56. The van der Waals surface area contributed by atoms with E-state index in [0.29, 0.717) is 6.54 Å². The van der Waals surface area contributed by atoms with Gasteiger partial charge >= 0.3 is 6.03 Å². The standard InChI is InChI=1S/C17H15IN4O/c18-14-5-4-6-15(9-14)21-17(23)19-10-13-11-20-22(12-13)16-7-2-1-3-8-16/h1-9,11-12H,10H2,(H2,19,21,23). The molecular formula is C17H15IN4O. The fourth-order valence-electron chi connectivity index (χ4n) is 2.10. The van der Waals surface area contributed by atoms with E-state index in [2.05, 4.69) is 38.3 Å². The van der Waals surface area contributed by atoms with Gasteiger partial charge in [0.05, 0.1) is 11.9 Å². The first-order chi connectivity index (χ1) is 11.2. The number of urea groups is 1. The molecule has 1 aromatic heterocycles. The van der Waals surface area contributed by atoms with Crippen molar-refractivity contribution < 1.29 is 4.79 Å². The van der Waals surface area contributed by atoms with Crippen LogP contribution in [0, 0.1) is 3.57 Å². The molecule has 3 rings (SSSR count). The molecule has 0 atom stereocenters. The summed E-state index contributed by atoms with van der Waals surface area (Å²) in [7, 11) is 0. The lowest BCUT2D eigenvalue weighted by Crippen LogP contribution is -2.28. The molecule has 3 aromatic rings. The van der Waals surface area contributed by atoms with Gasteiger partial charge in [0.25, 0.3) is 0 Å². The number of amides is 2. The average Bonchev–Trinajstić information content (AvgIpc) is 3.03. The molecule has 1 heterocycles. The van der Waals surface area contributed by atoms with Gasteiger partial charge in [-0.25, -0.2) is 9.48 Å². The summed E-state index contributed by atoms with van der Waals surface area (Å²) in [6.07, 6.45) is 3.65. The van der Waals surface area contributed by atoms with Crippen molar-refractivity contribution in [3.8, 4) is 5.69 Å². The van der Waals surface area contributed by atoms with Gasteiger partial charge < -0.3 is 10.6 Å². The number of halogens is 1. The Labute approximate surface area is 147 Å². The Bertz CT molecular complexity index is 801. The second kappa shape index (κ2) is 7.28. The van der Waals surface area contributed by atoms with E-state index in [9.17, 15) is 4.79 Å². The molecule has 2 N–H and O–H groups in total. The smallest absolute Gasteiger partial charge is 0.319 e. The fraction of sp³-hybridized carbons (Fsp3) is 0.0588. The molecule has 0 saturated heterocycles. The molecule has 0 bridgehead atoms. The average molecular weight is 418 g/mol. The molecule has 0 unspecified atom stereocenters. The first kappa shape index (κ1) is 15.5. The first-order valence-electron chi connectivity index (χ1n) is 7.10. The van der Waals surface area contributed by atoms with Crippen LogP contribution in [0.3, 0.4) is 0 Å². The number of hydrogen-bond donors (Lipinski definition) is 2. The van der Waals surface area contributed by atoms with Gasteiger partial charge in [-0.2, -0.15) is 5.10 Å². The maximum absolute atomic E-state index is 11.9. The second-order valence-electron chi connectivity index (χ2n) is 4.95. The molecular weight excluding hydrogens is 403 g/mol. The molecule has 0 fully saturated rings. The van der Waals surface area contributed by atoms with Gasteiger partial charge in [-0.3, -0.25) is 0 Å². The van der Waals surface area contributed by atoms with E-state index in [0.717, 1.165) is 20.5 Å². The van der Waals surface area contributed by atoms with Gasteiger partial charge in [-0.05, 0) is 52.9 Å². The highest BCUT2D eigenvalue weighted by molar-refractivity contribution is 14.1. The first-order valence-corrected chi connectivity index (χ1v) is 8.18. The van der Waals surface area contributed by atoms with E-state index in [4.69, 9.17) is 0 Å². The van der Waals surface area contributed by atoms with Gasteiger partial charge in [-0.1, -0.05) is 24.3 Å². The van der Waals surface area contributed by atoms with E-state index in [-0.39, 0.29) is 6.03 Å². The van der Waals surface area contributed by atoms with Crippen molar-refractivity contribution in [3.05, 3.63) is 76.1 Å². The summed E-state index contributed by atoms with van der Waals surface area (Å²) in [4.78, 5) is 11.9. The summed E-state index contributed by atoms with van der Waals surface area (Å²) >= 11 is 2.21. The third-order valence-corrected chi connectivity index (χ3v) is 3.86. The van der Waals surface area contributed by atoms with Crippen LogP contribution in [-0.2, 0) is 6.54 Å². The van der Waals surface area contributed by atoms with E-state index in [1.165, 1.54) is 0 Å². The SMILES string of the molecule is O=C(NCc1cnn(-c2ccccc2)c1)Nc1cccc(I)c1. The number of benzene rings is 2.